The molecule has 1 aromatic heterocycles. The van der Waals surface area contributed by atoms with Gasteiger partial charge in [0.15, 0.2) is 0 Å². The summed E-state index contributed by atoms with van der Waals surface area (Å²) in [5.41, 5.74) is 6.41. The third-order valence-corrected chi connectivity index (χ3v) is 5.73. The van der Waals surface area contributed by atoms with E-state index in [4.69, 9.17) is 28.2 Å². The second-order valence-electron chi connectivity index (χ2n) is 6.64. The maximum atomic E-state index is 6.32. The molecule has 2 heterocycles. The zero-order chi connectivity index (χ0) is 16.3. The molecule has 120 valence electrons. The zero-order valence-corrected chi connectivity index (χ0v) is 14.4. The van der Waals surface area contributed by atoms with Gasteiger partial charge >= 0.3 is 0 Å². The second-order valence-corrected chi connectivity index (χ2v) is 7.48. The lowest BCUT2D eigenvalue weighted by molar-refractivity contribution is 0.454. The lowest BCUT2D eigenvalue weighted by Crippen LogP contribution is -2.28. The number of hydrogen-bond donors (Lipinski definition) is 1. The first kappa shape index (κ1) is 14.6. The minimum Gasteiger partial charge on any atom is -0.316 e. The normalized spacial score (nSPS) is 21.9. The van der Waals surface area contributed by atoms with Crippen LogP contribution in [0.15, 0.2) is 36.5 Å². The Morgan fingerprint density at radius 3 is 2.46 bits per heavy atom. The van der Waals surface area contributed by atoms with Crippen LogP contribution in [0.3, 0.4) is 0 Å². The smallest absolute Gasteiger partial charge is 0.0908 e. The average molecular weight is 356 g/mol. The Morgan fingerprint density at radius 2 is 1.71 bits per heavy atom. The molecule has 24 heavy (non-hydrogen) atoms. The van der Waals surface area contributed by atoms with E-state index in [2.05, 4.69) is 22.4 Å². The summed E-state index contributed by atoms with van der Waals surface area (Å²) >= 11 is 12.3. The van der Waals surface area contributed by atoms with Crippen LogP contribution in [-0.4, -0.2) is 23.1 Å². The lowest BCUT2D eigenvalue weighted by Gasteiger charge is -2.19. The molecule has 5 heteroatoms. The van der Waals surface area contributed by atoms with E-state index in [0.717, 1.165) is 35.4 Å². The molecule has 2 atom stereocenters. The molecule has 0 radical (unpaired) electrons. The molecule has 2 bridgehead atoms. The van der Waals surface area contributed by atoms with E-state index in [1.54, 1.807) is 12.3 Å². The van der Waals surface area contributed by atoms with Crippen LogP contribution >= 0.6 is 23.2 Å². The number of piperidine rings is 1. The van der Waals surface area contributed by atoms with Crippen LogP contribution in [0.5, 0.6) is 0 Å². The molecule has 1 saturated heterocycles. The topological polar surface area (TPSA) is 37.8 Å². The quantitative estimate of drug-likeness (QED) is 0.682. The molecule has 2 aliphatic rings. The van der Waals surface area contributed by atoms with Gasteiger partial charge in [-0.15, -0.1) is 0 Å². The van der Waals surface area contributed by atoms with Crippen molar-refractivity contribution in [3.63, 3.8) is 0 Å². The van der Waals surface area contributed by atoms with Gasteiger partial charge in [0.25, 0.3) is 0 Å². The number of fused-ring (bicyclic) bond motifs is 6. The standard InChI is InChI=1S/C19H15Cl2N3/c20-12-1-2-13(16(21)4-12)19-9-23-17-5-14-10-3-11(8-22-7-10)15(14)6-18(17)24-19/h1-2,4-6,9-11,22H,3,7-8H2. The van der Waals surface area contributed by atoms with E-state index in [0.29, 0.717) is 21.9 Å². The van der Waals surface area contributed by atoms with Crippen molar-refractivity contribution in [2.75, 3.05) is 13.1 Å². The molecule has 3 nitrogen and oxygen atoms in total. The van der Waals surface area contributed by atoms with Gasteiger partial charge in [-0.25, -0.2) is 4.98 Å². The predicted molar refractivity (Wildman–Crippen MR) is 98.0 cm³/mol. The van der Waals surface area contributed by atoms with Gasteiger partial charge in [0.2, 0.25) is 0 Å². The molecule has 3 aromatic rings. The Balaban J connectivity index is 1.66. The first-order chi connectivity index (χ1) is 11.7. The predicted octanol–water partition coefficient (Wildman–Crippen LogP) is 4.78. The maximum absolute atomic E-state index is 6.32. The molecule has 1 N–H and O–H groups in total. The van der Waals surface area contributed by atoms with Crippen molar-refractivity contribution >= 4 is 34.2 Å². The van der Waals surface area contributed by atoms with Gasteiger partial charge < -0.3 is 5.32 Å². The van der Waals surface area contributed by atoms with Gasteiger partial charge in [-0.3, -0.25) is 4.98 Å². The number of nitrogens with zero attached hydrogens (tertiary/aromatic N) is 2. The van der Waals surface area contributed by atoms with Crippen LogP contribution < -0.4 is 5.32 Å². The monoisotopic (exact) mass is 355 g/mol. The third-order valence-electron chi connectivity index (χ3n) is 5.18. The molecule has 1 aliphatic carbocycles. The van der Waals surface area contributed by atoms with E-state index >= 15 is 0 Å². The summed E-state index contributed by atoms with van der Waals surface area (Å²) in [4.78, 5) is 9.46. The number of aromatic nitrogens is 2. The van der Waals surface area contributed by atoms with Gasteiger partial charge in [0, 0.05) is 23.7 Å². The summed E-state index contributed by atoms with van der Waals surface area (Å²) in [6.07, 6.45) is 3.04. The van der Waals surface area contributed by atoms with Crippen molar-refractivity contribution in [2.24, 2.45) is 0 Å². The molecule has 2 aromatic carbocycles. The van der Waals surface area contributed by atoms with Gasteiger partial charge in [0.05, 0.1) is 27.9 Å². The first-order valence-corrected chi connectivity index (χ1v) is 8.91. The van der Waals surface area contributed by atoms with Crippen molar-refractivity contribution in [2.45, 2.75) is 18.3 Å². The highest BCUT2D eigenvalue weighted by Gasteiger charge is 2.34. The molecule has 0 amide bonds. The Bertz CT molecular complexity index is 970. The molecular weight excluding hydrogens is 341 g/mol. The molecular formula is C19H15Cl2N3. The van der Waals surface area contributed by atoms with Crippen molar-refractivity contribution in [1.82, 2.24) is 15.3 Å². The van der Waals surface area contributed by atoms with Gasteiger partial charge in [-0.05, 0) is 59.7 Å². The van der Waals surface area contributed by atoms with Crippen molar-refractivity contribution in [3.8, 4) is 11.3 Å². The van der Waals surface area contributed by atoms with E-state index in [-0.39, 0.29) is 0 Å². The van der Waals surface area contributed by atoms with Crippen LogP contribution in [0.4, 0.5) is 0 Å². The minimum absolute atomic E-state index is 0.595. The molecule has 0 saturated carbocycles. The largest absolute Gasteiger partial charge is 0.316 e. The number of rotatable bonds is 1. The Labute approximate surface area is 150 Å². The van der Waals surface area contributed by atoms with Crippen LogP contribution in [-0.2, 0) is 0 Å². The summed E-state index contributed by atoms with van der Waals surface area (Å²) in [6.45, 7) is 2.13. The number of halogens is 2. The van der Waals surface area contributed by atoms with Crippen molar-refractivity contribution < 1.29 is 0 Å². The molecule has 0 spiro atoms. The summed E-state index contributed by atoms with van der Waals surface area (Å²) in [7, 11) is 0. The van der Waals surface area contributed by atoms with Crippen molar-refractivity contribution in [3.05, 3.63) is 57.7 Å². The van der Waals surface area contributed by atoms with Crippen LogP contribution in [0.2, 0.25) is 10.0 Å². The SMILES string of the molecule is Clc1ccc(-c2cnc3cc4c(cc3n2)C2CNCC4C2)c(Cl)c1. The number of nitrogens with one attached hydrogen (secondary N) is 1. The maximum Gasteiger partial charge on any atom is 0.0908 e. The highest BCUT2D eigenvalue weighted by Crippen LogP contribution is 2.44. The fourth-order valence-electron chi connectivity index (χ4n) is 4.04. The van der Waals surface area contributed by atoms with E-state index in [1.165, 1.54) is 17.5 Å². The van der Waals surface area contributed by atoms with E-state index < -0.39 is 0 Å². The highest BCUT2D eigenvalue weighted by atomic mass is 35.5. The molecule has 1 fully saturated rings. The third kappa shape index (κ3) is 2.23. The van der Waals surface area contributed by atoms with E-state index in [9.17, 15) is 0 Å². The van der Waals surface area contributed by atoms with Gasteiger partial charge in [-0.2, -0.15) is 0 Å². The average Bonchev–Trinajstić information content (AvgIpc) is 2.83. The summed E-state index contributed by atoms with van der Waals surface area (Å²) in [5, 5.41) is 4.74. The Hall–Kier alpha value is -1.68. The zero-order valence-electron chi connectivity index (χ0n) is 12.9. The van der Waals surface area contributed by atoms with Crippen molar-refractivity contribution in [1.29, 1.82) is 0 Å². The molecule has 1 aliphatic heterocycles. The van der Waals surface area contributed by atoms with Gasteiger partial charge in [-0.1, -0.05) is 23.2 Å². The summed E-state index contributed by atoms with van der Waals surface area (Å²) in [6, 6.07) is 9.91. The van der Waals surface area contributed by atoms with Crippen LogP contribution in [0.25, 0.3) is 22.3 Å². The summed E-state index contributed by atoms with van der Waals surface area (Å²) in [5.74, 6) is 1.23. The molecule has 5 rings (SSSR count). The second kappa shape index (κ2) is 5.41. The fourth-order valence-corrected chi connectivity index (χ4v) is 4.55. The van der Waals surface area contributed by atoms with E-state index in [1.807, 2.05) is 12.1 Å². The number of hydrogen-bond acceptors (Lipinski definition) is 3. The van der Waals surface area contributed by atoms with Crippen LogP contribution in [0.1, 0.15) is 29.4 Å². The lowest BCUT2D eigenvalue weighted by atomic mass is 9.98. The Morgan fingerprint density at radius 1 is 0.958 bits per heavy atom. The number of benzene rings is 2. The highest BCUT2D eigenvalue weighted by molar-refractivity contribution is 6.36. The first-order valence-electron chi connectivity index (χ1n) is 8.16. The van der Waals surface area contributed by atoms with Crippen LogP contribution in [0, 0.1) is 0 Å². The van der Waals surface area contributed by atoms with Gasteiger partial charge in [0.1, 0.15) is 0 Å². The molecule has 2 unspecified atom stereocenters. The Kier molecular flexibility index (Phi) is 3.30. The minimum atomic E-state index is 0.595. The fraction of sp³-hybridized carbons (Fsp3) is 0.263. The summed E-state index contributed by atoms with van der Waals surface area (Å²) < 4.78 is 0.